The molecule has 1 atom stereocenters. The van der Waals surface area contributed by atoms with Crippen LogP contribution in [0.5, 0.6) is 11.5 Å². The fraction of sp³-hybridized carbons (Fsp3) is 0.231. The second kappa shape index (κ2) is 8.38. The summed E-state index contributed by atoms with van der Waals surface area (Å²) in [5.41, 5.74) is 3.79. The van der Waals surface area contributed by atoms with Crippen molar-refractivity contribution in [1.82, 2.24) is 4.90 Å². The van der Waals surface area contributed by atoms with Crippen LogP contribution < -0.4 is 9.47 Å². The number of esters is 1. The summed E-state index contributed by atoms with van der Waals surface area (Å²) in [4.78, 5) is 27.3. The lowest BCUT2D eigenvalue weighted by atomic mass is 9.93. The first-order valence-electron chi connectivity index (χ1n) is 10.6. The van der Waals surface area contributed by atoms with Crippen molar-refractivity contribution in [2.24, 2.45) is 0 Å². The highest BCUT2D eigenvalue weighted by Crippen LogP contribution is 2.32. The third-order valence-electron chi connectivity index (χ3n) is 5.77. The van der Waals surface area contributed by atoms with E-state index in [-0.39, 0.29) is 18.0 Å². The molecule has 3 aromatic rings. The Hall–Kier alpha value is -3.80. The van der Waals surface area contributed by atoms with Gasteiger partial charge in [0.05, 0.1) is 5.56 Å². The molecule has 0 aliphatic carbocycles. The first-order chi connectivity index (χ1) is 15.6. The van der Waals surface area contributed by atoms with Crippen molar-refractivity contribution in [2.75, 3.05) is 20.3 Å². The molecule has 6 nitrogen and oxygen atoms in total. The molecule has 0 unspecified atom stereocenters. The topological polar surface area (TPSA) is 65.1 Å². The lowest BCUT2D eigenvalue weighted by molar-refractivity contribution is 0.0252. The molecule has 0 fully saturated rings. The Bertz CT molecular complexity index is 1170. The molecule has 2 heterocycles. The van der Waals surface area contributed by atoms with Gasteiger partial charge in [-0.1, -0.05) is 36.4 Å². The van der Waals surface area contributed by atoms with Crippen molar-refractivity contribution in [2.45, 2.75) is 19.1 Å². The van der Waals surface area contributed by atoms with Crippen LogP contribution in [-0.4, -0.2) is 37.0 Å². The van der Waals surface area contributed by atoms with Crippen LogP contribution in [0.25, 0.3) is 0 Å². The highest BCUT2D eigenvalue weighted by atomic mass is 16.6. The van der Waals surface area contributed by atoms with E-state index in [4.69, 9.17) is 14.2 Å². The van der Waals surface area contributed by atoms with Crippen molar-refractivity contribution in [3.05, 3.63) is 94.5 Å². The lowest BCUT2D eigenvalue weighted by Gasteiger charge is -2.26. The number of fused-ring (bicyclic) bond motifs is 2. The summed E-state index contributed by atoms with van der Waals surface area (Å²) >= 11 is 0. The molecule has 0 saturated heterocycles. The molecule has 5 rings (SSSR count). The lowest BCUT2D eigenvalue weighted by Crippen LogP contribution is -2.27. The molecular weight excluding hydrogens is 406 g/mol. The first-order valence-corrected chi connectivity index (χ1v) is 10.6. The van der Waals surface area contributed by atoms with E-state index in [1.165, 1.54) is 0 Å². The number of cyclic esters (lactones) is 1. The molecule has 162 valence electrons. The number of hydrogen-bond donors (Lipinski definition) is 0. The number of ether oxygens (including phenoxy) is 3. The summed E-state index contributed by atoms with van der Waals surface area (Å²) in [6.45, 7) is 1.50. The van der Waals surface area contributed by atoms with Crippen LogP contribution >= 0.6 is 0 Å². The SMILES string of the molecule is CN(Cc1ccc2c(c1)OCCO2)C(=O)c1ccc2c(c1)C[C@H](c1ccccc1)OC2=O. The van der Waals surface area contributed by atoms with Crippen LogP contribution in [0, 0.1) is 0 Å². The number of carbonyl (C=O) groups is 2. The monoisotopic (exact) mass is 429 g/mol. The second-order valence-corrected chi connectivity index (χ2v) is 8.02. The largest absolute Gasteiger partial charge is 0.486 e. The quantitative estimate of drug-likeness (QED) is 0.582. The standard InChI is InChI=1S/C26H23NO5/c1-27(16-17-7-10-22-24(13-17)31-12-11-30-22)25(28)19-8-9-21-20(14-19)15-23(32-26(21)29)18-5-3-2-4-6-18/h2-10,13-14,23H,11-12,15-16H2,1H3/t23-/m1/s1. The van der Waals surface area contributed by atoms with Crippen LogP contribution in [-0.2, 0) is 17.7 Å². The highest BCUT2D eigenvalue weighted by Gasteiger charge is 2.28. The Morgan fingerprint density at radius 2 is 1.75 bits per heavy atom. The molecule has 0 spiro atoms. The summed E-state index contributed by atoms with van der Waals surface area (Å²) in [6, 6.07) is 20.6. The fourth-order valence-corrected chi connectivity index (χ4v) is 4.13. The van der Waals surface area contributed by atoms with Gasteiger partial charge in [0.2, 0.25) is 0 Å². The van der Waals surface area contributed by atoms with Gasteiger partial charge in [-0.2, -0.15) is 0 Å². The summed E-state index contributed by atoms with van der Waals surface area (Å²) < 4.78 is 16.8. The molecule has 2 aliphatic rings. The van der Waals surface area contributed by atoms with E-state index in [0.29, 0.717) is 43.1 Å². The third-order valence-corrected chi connectivity index (χ3v) is 5.77. The van der Waals surface area contributed by atoms with E-state index in [2.05, 4.69) is 0 Å². The average Bonchev–Trinajstić information content (AvgIpc) is 2.83. The molecule has 6 heteroatoms. The second-order valence-electron chi connectivity index (χ2n) is 8.02. The zero-order valence-corrected chi connectivity index (χ0v) is 17.7. The van der Waals surface area contributed by atoms with Gasteiger partial charge in [-0.3, -0.25) is 4.79 Å². The van der Waals surface area contributed by atoms with Crippen LogP contribution in [0.15, 0.2) is 66.7 Å². The van der Waals surface area contributed by atoms with Crippen molar-refractivity contribution in [3.8, 4) is 11.5 Å². The minimum atomic E-state index is -0.358. The van der Waals surface area contributed by atoms with E-state index < -0.39 is 0 Å². The van der Waals surface area contributed by atoms with Gasteiger partial charge in [0.1, 0.15) is 19.3 Å². The molecule has 2 aliphatic heterocycles. The summed E-state index contributed by atoms with van der Waals surface area (Å²) in [5.74, 6) is 0.957. The minimum absolute atomic E-state index is 0.113. The average molecular weight is 429 g/mol. The molecule has 0 aromatic heterocycles. The van der Waals surface area contributed by atoms with Gasteiger partial charge in [-0.05, 0) is 47.0 Å². The number of benzene rings is 3. The van der Waals surface area contributed by atoms with Crippen molar-refractivity contribution in [3.63, 3.8) is 0 Å². The molecule has 0 saturated carbocycles. The third kappa shape index (κ3) is 3.91. The van der Waals surface area contributed by atoms with Crippen molar-refractivity contribution < 1.29 is 23.8 Å². The predicted octanol–water partition coefficient (Wildman–Crippen LogP) is 4.18. The minimum Gasteiger partial charge on any atom is -0.486 e. The van der Waals surface area contributed by atoms with Crippen molar-refractivity contribution >= 4 is 11.9 Å². The number of rotatable bonds is 4. The van der Waals surface area contributed by atoms with Crippen molar-refractivity contribution in [1.29, 1.82) is 0 Å². The predicted molar refractivity (Wildman–Crippen MR) is 118 cm³/mol. The Balaban J connectivity index is 1.34. The van der Waals surface area contributed by atoms with E-state index in [1.807, 2.05) is 54.6 Å². The molecule has 3 aromatic carbocycles. The van der Waals surface area contributed by atoms with Gasteiger partial charge in [0.25, 0.3) is 5.91 Å². The molecule has 0 N–H and O–H groups in total. The fourth-order valence-electron chi connectivity index (χ4n) is 4.13. The number of nitrogens with zero attached hydrogens (tertiary/aromatic N) is 1. The maximum atomic E-state index is 13.1. The Kier molecular flexibility index (Phi) is 5.27. The summed E-state index contributed by atoms with van der Waals surface area (Å²) in [5, 5.41) is 0. The van der Waals surface area contributed by atoms with Gasteiger partial charge in [-0.15, -0.1) is 0 Å². The van der Waals surface area contributed by atoms with E-state index in [0.717, 1.165) is 22.4 Å². The van der Waals surface area contributed by atoms with E-state index in [1.54, 1.807) is 24.1 Å². The smallest absolute Gasteiger partial charge is 0.339 e. The first kappa shape index (κ1) is 20.1. The maximum absolute atomic E-state index is 13.1. The van der Waals surface area contributed by atoms with Gasteiger partial charge >= 0.3 is 5.97 Å². The Morgan fingerprint density at radius 1 is 0.969 bits per heavy atom. The molecule has 0 bridgehead atoms. The van der Waals surface area contributed by atoms with Crippen LogP contribution in [0.2, 0.25) is 0 Å². The van der Waals surface area contributed by atoms with Gasteiger partial charge < -0.3 is 19.1 Å². The Morgan fingerprint density at radius 3 is 2.56 bits per heavy atom. The highest BCUT2D eigenvalue weighted by molar-refractivity contribution is 5.97. The van der Waals surface area contributed by atoms with Gasteiger partial charge in [0.15, 0.2) is 11.5 Å². The summed E-state index contributed by atoms with van der Waals surface area (Å²) in [6.07, 6.45) is 0.190. The molecular formula is C26H23NO5. The van der Waals surface area contributed by atoms with Crippen LogP contribution in [0.1, 0.15) is 43.5 Å². The molecule has 0 radical (unpaired) electrons. The summed E-state index contributed by atoms with van der Waals surface area (Å²) in [7, 11) is 1.76. The zero-order chi connectivity index (χ0) is 22.1. The maximum Gasteiger partial charge on any atom is 0.339 e. The van der Waals surface area contributed by atoms with Gasteiger partial charge in [0, 0.05) is 25.6 Å². The van der Waals surface area contributed by atoms with Crippen LogP contribution in [0.3, 0.4) is 0 Å². The number of carbonyl (C=O) groups excluding carboxylic acids is 2. The molecule has 32 heavy (non-hydrogen) atoms. The normalized spacial score (nSPS) is 16.7. The van der Waals surface area contributed by atoms with Gasteiger partial charge in [-0.25, -0.2) is 4.79 Å². The van der Waals surface area contributed by atoms with E-state index in [9.17, 15) is 9.59 Å². The Labute approximate surface area is 186 Å². The number of hydrogen-bond acceptors (Lipinski definition) is 5. The van der Waals surface area contributed by atoms with E-state index >= 15 is 0 Å². The number of amides is 1. The van der Waals surface area contributed by atoms with Crippen LogP contribution in [0.4, 0.5) is 0 Å². The molecule has 1 amide bonds. The zero-order valence-electron chi connectivity index (χ0n) is 17.7.